The maximum atomic E-state index is 5.24. The van der Waals surface area contributed by atoms with Crippen molar-refractivity contribution in [1.29, 1.82) is 0 Å². The third-order valence-electron chi connectivity index (χ3n) is 12.1. The van der Waals surface area contributed by atoms with Crippen molar-refractivity contribution in [3.8, 4) is 56.4 Å². The van der Waals surface area contributed by atoms with Crippen LogP contribution < -0.4 is 0 Å². The molecule has 0 radical (unpaired) electrons. The largest absolute Gasteiger partial charge is 0.256 e. The highest BCUT2D eigenvalue weighted by Gasteiger charge is 2.53. The lowest BCUT2D eigenvalue weighted by atomic mass is 9.55. The van der Waals surface area contributed by atoms with Gasteiger partial charge in [0, 0.05) is 39.3 Å². The topological polar surface area (TPSA) is 51.6 Å². The molecular formula is C52H36N4. The molecule has 4 heteroatoms. The molecule has 2 heterocycles. The molecule has 2 aliphatic rings. The van der Waals surface area contributed by atoms with Crippen LogP contribution >= 0.6 is 0 Å². The van der Waals surface area contributed by atoms with Crippen LogP contribution in [0.5, 0.6) is 0 Å². The molecule has 0 aliphatic heterocycles. The average molecular weight is 717 g/mol. The smallest absolute Gasteiger partial charge is 0.164 e. The summed E-state index contributed by atoms with van der Waals surface area (Å²) in [5, 5.41) is 1.12. The molecule has 0 saturated carbocycles. The Bertz CT molecular complexity index is 2950. The van der Waals surface area contributed by atoms with Crippen LogP contribution in [0.4, 0.5) is 0 Å². The predicted molar refractivity (Wildman–Crippen MR) is 226 cm³/mol. The Kier molecular flexibility index (Phi) is 7.08. The van der Waals surface area contributed by atoms with Crippen LogP contribution in [0.3, 0.4) is 0 Å². The number of benzene rings is 7. The number of aromatic nitrogens is 4. The Morgan fingerprint density at radius 2 is 0.857 bits per heavy atom. The molecule has 1 spiro atoms. The van der Waals surface area contributed by atoms with Crippen LogP contribution in [0.2, 0.25) is 0 Å². The van der Waals surface area contributed by atoms with Crippen molar-refractivity contribution in [2.45, 2.75) is 24.7 Å². The molecule has 0 bridgehead atoms. The van der Waals surface area contributed by atoms with Crippen molar-refractivity contribution >= 4 is 10.9 Å². The fourth-order valence-electron chi connectivity index (χ4n) is 9.49. The van der Waals surface area contributed by atoms with E-state index >= 15 is 0 Å². The number of pyridine rings is 1. The Labute approximate surface area is 326 Å². The van der Waals surface area contributed by atoms with Gasteiger partial charge in [-0.3, -0.25) is 4.98 Å². The first-order chi connectivity index (χ1) is 27.5. The van der Waals surface area contributed by atoms with Crippen LogP contribution in [0, 0.1) is 0 Å². The molecule has 2 aromatic heterocycles. The van der Waals surface area contributed by atoms with Gasteiger partial charge in [0.25, 0.3) is 0 Å². The molecule has 0 N–H and O–H groups in total. The fraction of sp³-hybridized carbons (Fsp3) is 0.0769. The quantitative estimate of drug-likeness (QED) is 0.182. The van der Waals surface area contributed by atoms with E-state index in [4.69, 9.17) is 19.9 Å². The number of para-hydroxylation sites is 1. The zero-order valence-electron chi connectivity index (χ0n) is 31.1. The van der Waals surface area contributed by atoms with Crippen molar-refractivity contribution in [1.82, 2.24) is 19.9 Å². The number of rotatable bonds is 4. The van der Waals surface area contributed by atoms with Crippen LogP contribution in [0.15, 0.2) is 182 Å². The van der Waals surface area contributed by atoms with Crippen molar-refractivity contribution in [2.24, 2.45) is 0 Å². The van der Waals surface area contributed by atoms with E-state index in [1.54, 1.807) is 0 Å². The third kappa shape index (κ3) is 4.66. The van der Waals surface area contributed by atoms with E-state index in [9.17, 15) is 0 Å². The van der Waals surface area contributed by atoms with Gasteiger partial charge in [0.2, 0.25) is 0 Å². The zero-order valence-corrected chi connectivity index (χ0v) is 31.1. The molecule has 56 heavy (non-hydrogen) atoms. The van der Waals surface area contributed by atoms with Crippen molar-refractivity contribution in [3.05, 3.63) is 216 Å². The second-order valence-corrected chi connectivity index (χ2v) is 15.4. The Morgan fingerprint density at radius 1 is 0.357 bits per heavy atom. The second kappa shape index (κ2) is 12.2. The van der Waals surface area contributed by atoms with Crippen LogP contribution in [-0.2, 0) is 10.8 Å². The first kappa shape index (κ1) is 32.4. The molecule has 0 fully saturated rings. The summed E-state index contributed by atoms with van der Waals surface area (Å²) in [5.41, 5.74) is 15.7. The Balaban J connectivity index is 1.11. The van der Waals surface area contributed by atoms with Gasteiger partial charge in [0.05, 0.1) is 10.9 Å². The summed E-state index contributed by atoms with van der Waals surface area (Å²) < 4.78 is 0. The van der Waals surface area contributed by atoms with Gasteiger partial charge >= 0.3 is 0 Å². The summed E-state index contributed by atoms with van der Waals surface area (Å²) in [6.45, 7) is 4.72. The van der Waals surface area contributed by atoms with Gasteiger partial charge in [-0.1, -0.05) is 178 Å². The van der Waals surface area contributed by atoms with Gasteiger partial charge in [0.1, 0.15) is 0 Å². The number of hydrogen-bond acceptors (Lipinski definition) is 4. The van der Waals surface area contributed by atoms with E-state index < -0.39 is 5.41 Å². The number of fused-ring (bicyclic) bond motifs is 10. The van der Waals surface area contributed by atoms with Crippen LogP contribution in [0.1, 0.15) is 47.2 Å². The van der Waals surface area contributed by atoms with E-state index in [0.717, 1.165) is 38.7 Å². The van der Waals surface area contributed by atoms with Crippen molar-refractivity contribution in [2.75, 3.05) is 0 Å². The van der Waals surface area contributed by atoms with Gasteiger partial charge in [-0.2, -0.15) is 0 Å². The van der Waals surface area contributed by atoms with Gasteiger partial charge in [0.15, 0.2) is 17.5 Å². The fourth-order valence-corrected chi connectivity index (χ4v) is 9.49. The molecule has 0 unspecified atom stereocenters. The van der Waals surface area contributed by atoms with E-state index in [-0.39, 0.29) is 5.41 Å². The Hall–Kier alpha value is -7.04. The Morgan fingerprint density at radius 3 is 1.55 bits per heavy atom. The standard InChI is InChI=1S/C52H36N4/c1-51(2)42-21-8-10-23-44(42)52(45-24-11-9-22-43(45)51)41-20-7-6-18-39(41)40-30-29-37(32-46(40)52)50-55-48(35-14-4-3-5-15-35)54-49(56-50)36-27-25-33(26-28-36)38-19-12-16-34-17-13-31-53-47(34)38/h3-32H,1-2H3. The lowest BCUT2D eigenvalue weighted by Crippen LogP contribution is -2.40. The van der Waals surface area contributed by atoms with Gasteiger partial charge in [-0.05, 0) is 62.2 Å². The first-order valence-corrected chi connectivity index (χ1v) is 19.2. The molecule has 9 aromatic rings. The third-order valence-corrected chi connectivity index (χ3v) is 12.1. The molecule has 0 amide bonds. The summed E-state index contributed by atoms with van der Waals surface area (Å²) in [4.78, 5) is 20.2. The highest BCUT2D eigenvalue weighted by molar-refractivity contribution is 5.94. The zero-order chi connectivity index (χ0) is 37.4. The maximum absolute atomic E-state index is 5.24. The molecule has 264 valence electrons. The summed E-state index contributed by atoms with van der Waals surface area (Å²) in [5.74, 6) is 1.91. The SMILES string of the molecule is CC1(C)c2ccccc2C2(c3ccccc3-c3ccc(-c4nc(-c5ccccc5)nc(-c5ccc(-c6cccc7cccnc67)cc5)n4)cc32)c2ccccc21. The minimum atomic E-state index is -0.505. The van der Waals surface area contributed by atoms with Crippen molar-refractivity contribution in [3.63, 3.8) is 0 Å². The highest BCUT2D eigenvalue weighted by Crippen LogP contribution is 2.62. The lowest BCUT2D eigenvalue weighted by molar-refractivity contribution is 0.563. The monoisotopic (exact) mass is 716 g/mol. The molecule has 7 aromatic carbocycles. The van der Waals surface area contributed by atoms with Crippen LogP contribution in [-0.4, -0.2) is 19.9 Å². The van der Waals surface area contributed by atoms with Gasteiger partial charge in [-0.25, -0.2) is 15.0 Å². The van der Waals surface area contributed by atoms with E-state index in [1.165, 1.54) is 44.5 Å². The minimum absolute atomic E-state index is 0.166. The second-order valence-electron chi connectivity index (χ2n) is 15.4. The number of nitrogens with zero attached hydrogens (tertiary/aromatic N) is 4. The van der Waals surface area contributed by atoms with E-state index in [1.807, 2.05) is 30.5 Å². The average Bonchev–Trinajstić information content (AvgIpc) is 3.56. The molecule has 0 atom stereocenters. The normalized spacial score (nSPS) is 14.2. The van der Waals surface area contributed by atoms with Gasteiger partial charge in [-0.15, -0.1) is 0 Å². The predicted octanol–water partition coefficient (Wildman–Crippen LogP) is 12.1. The van der Waals surface area contributed by atoms with E-state index in [0.29, 0.717) is 17.5 Å². The lowest BCUT2D eigenvalue weighted by Gasteiger charge is -2.46. The van der Waals surface area contributed by atoms with E-state index in [2.05, 4.69) is 166 Å². The van der Waals surface area contributed by atoms with Gasteiger partial charge < -0.3 is 0 Å². The summed E-state index contributed by atoms with van der Waals surface area (Å²) in [6, 6.07) is 62.9. The molecule has 2 aliphatic carbocycles. The minimum Gasteiger partial charge on any atom is -0.256 e. The molecule has 0 saturated heterocycles. The highest BCUT2D eigenvalue weighted by atomic mass is 15.0. The molecule has 11 rings (SSSR count). The maximum Gasteiger partial charge on any atom is 0.164 e. The van der Waals surface area contributed by atoms with Crippen LogP contribution in [0.25, 0.3) is 67.3 Å². The molecular weight excluding hydrogens is 681 g/mol. The van der Waals surface area contributed by atoms with Crippen molar-refractivity contribution < 1.29 is 0 Å². The first-order valence-electron chi connectivity index (χ1n) is 19.2. The summed E-state index contributed by atoms with van der Waals surface area (Å²) >= 11 is 0. The number of hydrogen-bond donors (Lipinski definition) is 0. The molecule has 4 nitrogen and oxygen atoms in total. The summed E-state index contributed by atoms with van der Waals surface area (Å²) in [7, 11) is 0. The summed E-state index contributed by atoms with van der Waals surface area (Å²) in [6.07, 6.45) is 1.85.